The van der Waals surface area contributed by atoms with Gasteiger partial charge in [0.25, 0.3) is 11.8 Å². The quantitative estimate of drug-likeness (QED) is 0.626. The highest BCUT2D eigenvalue weighted by molar-refractivity contribution is 6.02. The Morgan fingerprint density at radius 1 is 1.37 bits per heavy atom. The fraction of sp³-hybridized carbons (Fsp3) is 0.333. The molecule has 0 radical (unpaired) electrons. The van der Waals surface area contributed by atoms with Crippen LogP contribution in [0.25, 0.3) is 5.69 Å². The number of carbonyl (C=O) groups excluding carboxylic acids is 3. The number of nitrogens with one attached hydrogen (secondary N) is 1. The lowest BCUT2D eigenvalue weighted by atomic mass is 10.0. The maximum absolute atomic E-state index is 12.1. The van der Waals surface area contributed by atoms with Crippen LogP contribution >= 0.6 is 0 Å². The summed E-state index contributed by atoms with van der Waals surface area (Å²) in [6.45, 7) is 0.447. The zero-order valence-electron chi connectivity index (χ0n) is 16.4. The molecule has 3 amide bonds. The lowest BCUT2D eigenvalue weighted by Crippen LogP contribution is -2.37. The van der Waals surface area contributed by atoms with Gasteiger partial charge in [-0.1, -0.05) is 17.9 Å². The second-order valence-corrected chi connectivity index (χ2v) is 7.60. The third-order valence-corrected chi connectivity index (χ3v) is 5.19. The number of rotatable bonds is 4. The monoisotopic (exact) mass is 407 g/mol. The molecular weight excluding hydrogens is 386 g/mol. The van der Waals surface area contributed by atoms with Gasteiger partial charge in [-0.25, -0.2) is 4.68 Å². The number of likely N-dealkylation sites (tertiary alicyclic amines) is 1. The van der Waals surface area contributed by atoms with Crippen molar-refractivity contribution in [2.24, 2.45) is 11.7 Å². The number of primary amides is 1. The van der Waals surface area contributed by atoms with Crippen LogP contribution in [0.15, 0.2) is 30.5 Å². The van der Waals surface area contributed by atoms with Crippen LogP contribution < -0.4 is 11.1 Å². The number of amides is 3. The molecule has 9 heteroatoms. The van der Waals surface area contributed by atoms with E-state index in [1.54, 1.807) is 31.3 Å². The highest BCUT2D eigenvalue weighted by Crippen LogP contribution is 2.31. The fourth-order valence-electron chi connectivity index (χ4n) is 3.23. The molecular formula is C21H21N5O4. The van der Waals surface area contributed by atoms with Gasteiger partial charge in [-0.15, -0.1) is 0 Å². The molecule has 0 bridgehead atoms. The summed E-state index contributed by atoms with van der Waals surface area (Å²) < 4.78 is 1.43. The average molecular weight is 407 g/mol. The minimum Gasteiger partial charge on any atom is -0.369 e. The van der Waals surface area contributed by atoms with Crippen LogP contribution in [-0.2, 0) is 9.59 Å². The number of aromatic nitrogens is 2. The number of aliphatic hydroxyl groups is 1. The van der Waals surface area contributed by atoms with Crippen molar-refractivity contribution in [1.29, 1.82) is 0 Å². The first-order valence-electron chi connectivity index (χ1n) is 9.59. The van der Waals surface area contributed by atoms with Gasteiger partial charge in [0.1, 0.15) is 0 Å². The Bertz CT molecular complexity index is 1110. The molecule has 1 saturated heterocycles. The van der Waals surface area contributed by atoms with E-state index < -0.39 is 17.4 Å². The molecule has 1 aliphatic heterocycles. The molecule has 4 N–H and O–H groups in total. The number of carbonyl (C=O) groups is 3. The first kappa shape index (κ1) is 19.7. The summed E-state index contributed by atoms with van der Waals surface area (Å²) in [5.74, 6) is 4.15. The molecule has 30 heavy (non-hydrogen) atoms. The van der Waals surface area contributed by atoms with Crippen molar-refractivity contribution in [2.75, 3.05) is 18.9 Å². The zero-order chi connectivity index (χ0) is 21.5. The van der Waals surface area contributed by atoms with Gasteiger partial charge < -0.3 is 21.1 Å². The summed E-state index contributed by atoms with van der Waals surface area (Å²) in [7, 11) is 1.62. The average Bonchev–Trinajstić information content (AvgIpc) is 3.45. The fourth-order valence-corrected chi connectivity index (χ4v) is 3.23. The van der Waals surface area contributed by atoms with Crippen LogP contribution in [0, 0.1) is 17.8 Å². The van der Waals surface area contributed by atoms with E-state index >= 15 is 0 Å². The Kier molecular flexibility index (Phi) is 4.79. The van der Waals surface area contributed by atoms with Gasteiger partial charge in [0, 0.05) is 31.5 Å². The van der Waals surface area contributed by atoms with Crippen LogP contribution in [0.5, 0.6) is 0 Å². The van der Waals surface area contributed by atoms with Gasteiger partial charge >= 0.3 is 0 Å². The molecule has 9 nitrogen and oxygen atoms in total. The summed E-state index contributed by atoms with van der Waals surface area (Å²) >= 11 is 0. The maximum atomic E-state index is 12.1. The van der Waals surface area contributed by atoms with Crippen LogP contribution in [0.1, 0.15) is 35.3 Å². The highest BCUT2D eigenvalue weighted by atomic mass is 16.3. The van der Waals surface area contributed by atoms with Gasteiger partial charge in [0.2, 0.25) is 11.5 Å². The molecule has 154 valence electrons. The number of anilines is 1. The van der Waals surface area contributed by atoms with E-state index in [0.717, 1.165) is 12.8 Å². The first-order chi connectivity index (χ1) is 14.3. The molecule has 1 aromatic heterocycles. The Morgan fingerprint density at radius 2 is 2.13 bits per heavy atom. The SMILES string of the molecule is CN1CC[C@@](O)(C#Cc2cccc(-n3cc(NC(=O)C4CC4)c(C(N)=O)n3)c2)C1=O. The van der Waals surface area contributed by atoms with E-state index in [9.17, 15) is 19.5 Å². The van der Waals surface area contributed by atoms with Crippen molar-refractivity contribution in [3.8, 4) is 17.5 Å². The second-order valence-electron chi connectivity index (χ2n) is 7.60. The first-order valence-corrected chi connectivity index (χ1v) is 9.59. The Balaban J connectivity index is 1.61. The molecule has 2 aromatic rings. The molecule has 4 rings (SSSR count). The molecule has 1 atom stereocenters. The molecule has 0 unspecified atom stereocenters. The number of nitrogens with two attached hydrogens (primary N) is 1. The number of hydrogen-bond acceptors (Lipinski definition) is 5. The molecule has 2 heterocycles. The van der Waals surface area contributed by atoms with Crippen molar-refractivity contribution >= 4 is 23.4 Å². The molecule has 0 spiro atoms. The third kappa shape index (κ3) is 3.77. The summed E-state index contributed by atoms with van der Waals surface area (Å²) in [5, 5.41) is 17.3. The topological polar surface area (TPSA) is 131 Å². The maximum Gasteiger partial charge on any atom is 0.271 e. The summed E-state index contributed by atoms with van der Waals surface area (Å²) in [5.41, 5.74) is 5.08. The largest absolute Gasteiger partial charge is 0.369 e. The van der Waals surface area contributed by atoms with Crippen LogP contribution in [-0.4, -0.2) is 56.7 Å². The van der Waals surface area contributed by atoms with Crippen LogP contribution in [0.3, 0.4) is 0 Å². The van der Waals surface area contributed by atoms with E-state index in [0.29, 0.717) is 17.8 Å². The van der Waals surface area contributed by atoms with Crippen molar-refractivity contribution in [3.05, 3.63) is 41.7 Å². The van der Waals surface area contributed by atoms with Gasteiger partial charge in [-0.05, 0) is 31.0 Å². The van der Waals surface area contributed by atoms with Gasteiger partial charge in [-0.3, -0.25) is 14.4 Å². The molecule has 2 aliphatic rings. The predicted molar refractivity (Wildman–Crippen MR) is 108 cm³/mol. The third-order valence-electron chi connectivity index (χ3n) is 5.19. The normalized spacial score (nSPS) is 20.6. The summed E-state index contributed by atoms with van der Waals surface area (Å²) in [6, 6.07) is 6.92. The lowest BCUT2D eigenvalue weighted by Gasteiger charge is -2.13. The number of likely N-dealkylation sites (N-methyl/N-ethyl adjacent to an activating group) is 1. The molecule has 1 aliphatic carbocycles. The lowest BCUT2D eigenvalue weighted by molar-refractivity contribution is -0.137. The van der Waals surface area contributed by atoms with Crippen molar-refractivity contribution < 1.29 is 19.5 Å². The zero-order valence-corrected chi connectivity index (χ0v) is 16.4. The number of benzene rings is 1. The Morgan fingerprint density at radius 3 is 2.77 bits per heavy atom. The van der Waals surface area contributed by atoms with Crippen molar-refractivity contribution in [2.45, 2.75) is 24.9 Å². The highest BCUT2D eigenvalue weighted by Gasteiger charge is 2.42. The van der Waals surface area contributed by atoms with Crippen LogP contribution in [0.4, 0.5) is 5.69 Å². The van der Waals surface area contributed by atoms with Crippen LogP contribution in [0.2, 0.25) is 0 Å². The van der Waals surface area contributed by atoms with Gasteiger partial charge in [0.05, 0.1) is 17.6 Å². The number of nitrogens with zero attached hydrogens (tertiary/aromatic N) is 3. The van der Waals surface area contributed by atoms with Crippen molar-refractivity contribution in [1.82, 2.24) is 14.7 Å². The molecule has 1 aromatic carbocycles. The number of hydrogen-bond donors (Lipinski definition) is 3. The van der Waals surface area contributed by atoms with Gasteiger partial charge in [-0.2, -0.15) is 5.10 Å². The Hall–Kier alpha value is -3.64. The van der Waals surface area contributed by atoms with Gasteiger partial charge in [0.15, 0.2) is 5.69 Å². The minimum absolute atomic E-state index is 0.0316. The van der Waals surface area contributed by atoms with E-state index in [1.165, 1.54) is 15.8 Å². The smallest absolute Gasteiger partial charge is 0.271 e. The molecule has 1 saturated carbocycles. The predicted octanol–water partition coefficient (Wildman–Crippen LogP) is 0.264. The standard InChI is InChI=1S/C21H21N5O4/c1-25-10-9-21(30,20(25)29)8-7-13-3-2-4-15(11-13)26-12-16(17(24-26)18(22)27)23-19(28)14-5-6-14/h2-4,11-12,14,30H,5-6,9-10H2,1H3,(H2,22,27)(H,23,28)/t21-/m0/s1. The van der Waals surface area contributed by atoms with E-state index in [-0.39, 0.29) is 29.6 Å². The van der Waals surface area contributed by atoms with Crippen molar-refractivity contribution in [3.63, 3.8) is 0 Å². The minimum atomic E-state index is -1.68. The Labute approximate surface area is 172 Å². The second kappa shape index (κ2) is 7.31. The molecule has 2 fully saturated rings. The van der Waals surface area contributed by atoms with E-state index in [2.05, 4.69) is 22.3 Å². The van der Waals surface area contributed by atoms with E-state index in [1.807, 2.05) is 0 Å². The van der Waals surface area contributed by atoms with E-state index in [4.69, 9.17) is 5.73 Å². The summed E-state index contributed by atoms with van der Waals surface area (Å²) in [6.07, 6.45) is 3.44. The summed E-state index contributed by atoms with van der Waals surface area (Å²) in [4.78, 5) is 37.3.